The summed E-state index contributed by atoms with van der Waals surface area (Å²) in [6.45, 7) is 2.64. The summed E-state index contributed by atoms with van der Waals surface area (Å²) in [4.78, 5) is 11.7. The standard InChI is InChI=1S/C22H21NO3/c1-16-11-12-20(26-19-9-4-3-5-10-19)14-21(16)23-15-17-7-6-8-18(13-17)22(24)25-2/h3-14,23H,15H2,1-2H3. The van der Waals surface area contributed by atoms with Crippen LogP contribution >= 0.6 is 0 Å². The highest BCUT2D eigenvalue weighted by Gasteiger charge is 2.07. The molecule has 0 bridgehead atoms. The molecule has 132 valence electrons. The lowest BCUT2D eigenvalue weighted by Crippen LogP contribution is -2.05. The molecule has 0 atom stereocenters. The lowest BCUT2D eigenvalue weighted by atomic mass is 10.1. The molecule has 3 rings (SSSR count). The number of rotatable bonds is 6. The molecule has 0 spiro atoms. The van der Waals surface area contributed by atoms with Crippen LogP contribution in [0.25, 0.3) is 0 Å². The van der Waals surface area contributed by atoms with Gasteiger partial charge in [-0.3, -0.25) is 0 Å². The topological polar surface area (TPSA) is 47.6 Å². The van der Waals surface area contributed by atoms with Crippen molar-refractivity contribution in [3.8, 4) is 11.5 Å². The van der Waals surface area contributed by atoms with Crippen molar-refractivity contribution in [2.75, 3.05) is 12.4 Å². The van der Waals surface area contributed by atoms with Gasteiger partial charge in [-0.15, -0.1) is 0 Å². The Hall–Kier alpha value is -3.27. The predicted molar refractivity (Wildman–Crippen MR) is 103 cm³/mol. The first-order valence-electron chi connectivity index (χ1n) is 8.40. The zero-order chi connectivity index (χ0) is 18.4. The van der Waals surface area contributed by atoms with Gasteiger partial charge in [0.15, 0.2) is 0 Å². The summed E-state index contributed by atoms with van der Waals surface area (Å²) in [5.74, 6) is 1.24. The van der Waals surface area contributed by atoms with E-state index in [1.807, 2.05) is 73.7 Å². The van der Waals surface area contributed by atoms with E-state index >= 15 is 0 Å². The van der Waals surface area contributed by atoms with Crippen LogP contribution in [-0.2, 0) is 11.3 Å². The van der Waals surface area contributed by atoms with Gasteiger partial charge in [-0.25, -0.2) is 4.79 Å². The fourth-order valence-electron chi connectivity index (χ4n) is 2.60. The van der Waals surface area contributed by atoms with Crippen molar-refractivity contribution in [3.05, 3.63) is 89.5 Å². The SMILES string of the molecule is COC(=O)c1cccc(CNc2cc(Oc3ccccc3)ccc2C)c1. The average Bonchev–Trinajstić information content (AvgIpc) is 2.69. The van der Waals surface area contributed by atoms with Gasteiger partial charge in [0.1, 0.15) is 11.5 Å². The first-order valence-corrected chi connectivity index (χ1v) is 8.40. The minimum atomic E-state index is -0.332. The quantitative estimate of drug-likeness (QED) is 0.624. The van der Waals surface area contributed by atoms with Gasteiger partial charge in [0.2, 0.25) is 0 Å². The number of carbonyl (C=O) groups excluding carboxylic acids is 1. The largest absolute Gasteiger partial charge is 0.465 e. The second kappa shape index (κ2) is 8.21. The molecule has 3 aromatic carbocycles. The minimum Gasteiger partial charge on any atom is -0.465 e. The van der Waals surface area contributed by atoms with Crippen molar-refractivity contribution >= 4 is 11.7 Å². The Morgan fingerprint density at radius 3 is 2.50 bits per heavy atom. The van der Waals surface area contributed by atoms with Crippen molar-refractivity contribution in [1.82, 2.24) is 0 Å². The number of methoxy groups -OCH3 is 1. The Balaban J connectivity index is 1.72. The number of ether oxygens (including phenoxy) is 2. The Morgan fingerprint density at radius 1 is 0.923 bits per heavy atom. The van der Waals surface area contributed by atoms with E-state index in [-0.39, 0.29) is 5.97 Å². The third kappa shape index (κ3) is 4.42. The van der Waals surface area contributed by atoms with Crippen LogP contribution in [0, 0.1) is 6.92 Å². The Labute approximate surface area is 153 Å². The van der Waals surface area contributed by atoms with Gasteiger partial charge >= 0.3 is 5.97 Å². The molecule has 0 aromatic heterocycles. The lowest BCUT2D eigenvalue weighted by molar-refractivity contribution is 0.0600. The molecule has 1 N–H and O–H groups in total. The van der Waals surface area contributed by atoms with Crippen LogP contribution in [0.5, 0.6) is 11.5 Å². The van der Waals surface area contributed by atoms with Gasteiger partial charge in [-0.05, 0) is 48.4 Å². The summed E-state index contributed by atoms with van der Waals surface area (Å²) < 4.78 is 10.7. The van der Waals surface area contributed by atoms with Crippen molar-refractivity contribution in [2.24, 2.45) is 0 Å². The van der Waals surface area contributed by atoms with Crippen LogP contribution in [0.3, 0.4) is 0 Å². The first-order chi connectivity index (χ1) is 12.7. The number of esters is 1. The van der Waals surface area contributed by atoms with Crippen molar-refractivity contribution in [3.63, 3.8) is 0 Å². The van der Waals surface area contributed by atoms with Gasteiger partial charge in [-0.1, -0.05) is 36.4 Å². The molecule has 0 heterocycles. The highest BCUT2D eigenvalue weighted by molar-refractivity contribution is 5.89. The molecule has 0 radical (unpaired) electrons. The Morgan fingerprint density at radius 2 is 1.73 bits per heavy atom. The van der Waals surface area contributed by atoms with Crippen LogP contribution in [0.15, 0.2) is 72.8 Å². The van der Waals surface area contributed by atoms with E-state index in [1.165, 1.54) is 7.11 Å². The Bertz CT molecular complexity index is 891. The van der Waals surface area contributed by atoms with E-state index in [0.29, 0.717) is 12.1 Å². The summed E-state index contributed by atoms with van der Waals surface area (Å²) in [6, 6.07) is 23.0. The molecule has 4 heteroatoms. The van der Waals surface area contributed by atoms with Crippen LogP contribution in [0.2, 0.25) is 0 Å². The van der Waals surface area contributed by atoms with Gasteiger partial charge in [-0.2, -0.15) is 0 Å². The number of carbonyl (C=O) groups is 1. The molecule has 0 fully saturated rings. The molecule has 0 aliphatic heterocycles. The molecule has 0 aliphatic carbocycles. The average molecular weight is 347 g/mol. The summed E-state index contributed by atoms with van der Waals surface area (Å²) in [6.07, 6.45) is 0. The second-order valence-corrected chi connectivity index (χ2v) is 5.94. The maximum absolute atomic E-state index is 11.7. The van der Waals surface area contributed by atoms with E-state index in [4.69, 9.17) is 9.47 Å². The number of para-hydroxylation sites is 1. The number of benzene rings is 3. The van der Waals surface area contributed by atoms with Crippen LogP contribution in [-0.4, -0.2) is 13.1 Å². The van der Waals surface area contributed by atoms with E-state index in [9.17, 15) is 4.79 Å². The third-order valence-corrected chi connectivity index (χ3v) is 4.02. The molecule has 0 saturated heterocycles. The minimum absolute atomic E-state index is 0.332. The second-order valence-electron chi connectivity index (χ2n) is 5.94. The molecule has 3 aromatic rings. The van der Waals surface area contributed by atoms with Crippen molar-refractivity contribution in [1.29, 1.82) is 0 Å². The van der Waals surface area contributed by atoms with Crippen molar-refractivity contribution in [2.45, 2.75) is 13.5 Å². The molecule has 26 heavy (non-hydrogen) atoms. The van der Waals surface area contributed by atoms with E-state index < -0.39 is 0 Å². The van der Waals surface area contributed by atoms with E-state index in [1.54, 1.807) is 6.07 Å². The summed E-state index contributed by atoms with van der Waals surface area (Å²) in [7, 11) is 1.38. The van der Waals surface area contributed by atoms with E-state index in [2.05, 4.69) is 5.32 Å². The van der Waals surface area contributed by atoms with Gasteiger partial charge in [0.25, 0.3) is 0 Å². The summed E-state index contributed by atoms with van der Waals surface area (Å²) >= 11 is 0. The monoisotopic (exact) mass is 347 g/mol. The molecule has 0 unspecified atom stereocenters. The van der Waals surface area contributed by atoms with Gasteiger partial charge in [0.05, 0.1) is 12.7 Å². The molecule has 0 saturated carbocycles. The Kier molecular flexibility index (Phi) is 5.54. The highest BCUT2D eigenvalue weighted by Crippen LogP contribution is 2.27. The zero-order valence-electron chi connectivity index (χ0n) is 14.9. The van der Waals surface area contributed by atoms with Crippen molar-refractivity contribution < 1.29 is 14.3 Å². The fourth-order valence-corrected chi connectivity index (χ4v) is 2.60. The molecule has 0 aliphatic rings. The molecular formula is C22H21NO3. The lowest BCUT2D eigenvalue weighted by Gasteiger charge is -2.13. The first kappa shape index (κ1) is 17.5. The van der Waals surface area contributed by atoms with Crippen LogP contribution < -0.4 is 10.1 Å². The maximum atomic E-state index is 11.7. The number of aryl methyl sites for hydroxylation is 1. The normalized spacial score (nSPS) is 10.2. The smallest absolute Gasteiger partial charge is 0.337 e. The zero-order valence-corrected chi connectivity index (χ0v) is 14.9. The molecular weight excluding hydrogens is 326 g/mol. The third-order valence-electron chi connectivity index (χ3n) is 4.02. The fraction of sp³-hybridized carbons (Fsp3) is 0.136. The summed E-state index contributed by atoms with van der Waals surface area (Å²) in [5, 5.41) is 3.41. The summed E-state index contributed by atoms with van der Waals surface area (Å²) in [5.41, 5.74) is 3.66. The van der Waals surface area contributed by atoms with Gasteiger partial charge in [0, 0.05) is 18.3 Å². The van der Waals surface area contributed by atoms with E-state index in [0.717, 1.165) is 28.3 Å². The number of hydrogen-bond acceptors (Lipinski definition) is 4. The molecule has 4 nitrogen and oxygen atoms in total. The van der Waals surface area contributed by atoms with Crippen LogP contribution in [0.1, 0.15) is 21.5 Å². The number of nitrogens with one attached hydrogen (secondary N) is 1. The number of hydrogen-bond donors (Lipinski definition) is 1. The predicted octanol–water partition coefficient (Wildman–Crippen LogP) is 5.19. The highest BCUT2D eigenvalue weighted by atomic mass is 16.5. The van der Waals surface area contributed by atoms with Gasteiger partial charge < -0.3 is 14.8 Å². The van der Waals surface area contributed by atoms with Crippen LogP contribution in [0.4, 0.5) is 5.69 Å². The molecule has 0 amide bonds. The maximum Gasteiger partial charge on any atom is 0.337 e. The number of anilines is 1.